The number of nitro benzene ring substituents is 1. The van der Waals surface area contributed by atoms with Crippen molar-refractivity contribution in [3.05, 3.63) is 31.9 Å². The van der Waals surface area contributed by atoms with Crippen LogP contribution in [0.15, 0.2) is 18.2 Å². The van der Waals surface area contributed by atoms with Crippen molar-refractivity contribution in [3.63, 3.8) is 0 Å². The number of halogens is 1. The minimum atomic E-state index is -0.583. The van der Waals surface area contributed by atoms with Crippen LogP contribution in [0.4, 0.5) is 5.69 Å². The first kappa shape index (κ1) is 10.9. The van der Waals surface area contributed by atoms with Crippen LogP contribution in [0, 0.1) is 13.7 Å². The van der Waals surface area contributed by atoms with Gasteiger partial charge in [-0.3, -0.25) is 14.9 Å². The maximum absolute atomic E-state index is 10.6. The molecule has 0 amide bonds. The summed E-state index contributed by atoms with van der Waals surface area (Å²) in [5.41, 5.74) is -0.202. The first-order valence-electron chi connectivity index (χ1n) is 3.63. The van der Waals surface area contributed by atoms with Crippen molar-refractivity contribution in [2.45, 2.75) is 6.92 Å². The molecule has 0 atom stereocenters. The van der Waals surface area contributed by atoms with Gasteiger partial charge in [-0.2, -0.15) is 0 Å². The third-order valence-corrected chi connectivity index (χ3v) is 2.04. The van der Waals surface area contributed by atoms with Crippen molar-refractivity contribution in [1.82, 2.24) is 0 Å². The molecular formula is C8H6INO4. The Morgan fingerprint density at radius 2 is 2.21 bits per heavy atom. The summed E-state index contributed by atoms with van der Waals surface area (Å²) in [4.78, 5) is 20.6. The maximum Gasteiger partial charge on any atom is 0.312 e. The van der Waals surface area contributed by atoms with E-state index in [-0.39, 0.29) is 11.4 Å². The highest BCUT2D eigenvalue weighted by Gasteiger charge is 2.16. The molecule has 0 spiro atoms. The van der Waals surface area contributed by atoms with E-state index in [1.807, 2.05) is 22.6 Å². The molecule has 0 aliphatic rings. The normalized spacial score (nSPS) is 9.57. The Morgan fingerprint density at radius 1 is 1.57 bits per heavy atom. The average molecular weight is 307 g/mol. The van der Waals surface area contributed by atoms with Crippen molar-refractivity contribution in [2.24, 2.45) is 0 Å². The van der Waals surface area contributed by atoms with E-state index in [9.17, 15) is 14.9 Å². The van der Waals surface area contributed by atoms with E-state index in [2.05, 4.69) is 4.74 Å². The van der Waals surface area contributed by atoms with Gasteiger partial charge in [-0.05, 0) is 34.7 Å². The molecule has 0 fully saturated rings. The van der Waals surface area contributed by atoms with E-state index in [0.717, 1.165) is 0 Å². The molecule has 1 aromatic rings. The summed E-state index contributed by atoms with van der Waals surface area (Å²) in [5, 5.41) is 10.6. The molecule has 6 heteroatoms. The van der Waals surface area contributed by atoms with Gasteiger partial charge in [-0.25, -0.2) is 0 Å². The highest BCUT2D eigenvalue weighted by atomic mass is 127. The summed E-state index contributed by atoms with van der Waals surface area (Å²) in [7, 11) is 0. The second-order valence-electron chi connectivity index (χ2n) is 2.46. The Balaban J connectivity index is 3.14. The zero-order valence-electron chi connectivity index (χ0n) is 7.19. The lowest BCUT2D eigenvalue weighted by molar-refractivity contribution is -0.385. The Morgan fingerprint density at radius 3 is 2.71 bits per heavy atom. The second-order valence-corrected chi connectivity index (χ2v) is 3.71. The second kappa shape index (κ2) is 4.36. The third-order valence-electron chi connectivity index (χ3n) is 1.37. The summed E-state index contributed by atoms with van der Waals surface area (Å²) >= 11 is 1.94. The van der Waals surface area contributed by atoms with Gasteiger partial charge in [0, 0.05) is 16.6 Å². The van der Waals surface area contributed by atoms with Gasteiger partial charge in [0.2, 0.25) is 5.75 Å². The number of nitrogens with zero attached hydrogens (tertiary/aromatic N) is 1. The summed E-state index contributed by atoms with van der Waals surface area (Å²) in [6.07, 6.45) is 0. The molecule has 0 unspecified atom stereocenters. The molecule has 14 heavy (non-hydrogen) atoms. The number of carbonyl (C=O) groups is 1. The van der Waals surface area contributed by atoms with Crippen LogP contribution in [0.3, 0.4) is 0 Å². The Kier molecular flexibility index (Phi) is 3.39. The zero-order chi connectivity index (χ0) is 10.7. The van der Waals surface area contributed by atoms with E-state index in [4.69, 9.17) is 0 Å². The molecule has 5 nitrogen and oxygen atoms in total. The molecule has 0 saturated carbocycles. The monoisotopic (exact) mass is 307 g/mol. The fraction of sp³-hybridized carbons (Fsp3) is 0.125. The lowest BCUT2D eigenvalue weighted by Gasteiger charge is -2.01. The number of esters is 1. The van der Waals surface area contributed by atoms with Gasteiger partial charge >= 0.3 is 11.7 Å². The number of nitro groups is 1. The molecule has 1 rings (SSSR count). The van der Waals surface area contributed by atoms with Gasteiger partial charge in [-0.1, -0.05) is 0 Å². The Labute approximate surface area is 93.4 Å². The molecule has 0 aliphatic carbocycles. The molecule has 0 radical (unpaired) electrons. The number of carbonyl (C=O) groups excluding carboxylic acids is 1. The van der Waals surface area contributed by atoms with E-state index in [0.29, 0.717) is 3.57 Å². The van der Waals surface area contributed by atoms with Crippen molar-refractivity contribution in [1.29, 1.82) is 0 Å². The smallest absolute Gasteiger partial charge is 0.312 e. The summed E-state index contributed by atoms with van der Waals surface area (Å²) in [6, 6.07) is 4.38. The van der Waals surface area contributed by atoms with Gasteiger partial charge in [0.05, 0.1) is 4.92 Å². The van der Waals surface area contributed by atoms with Crippen molar-refractivity contribution < 1.29 is 14.5 Å². The van der Waals surface area contributed by atoms with E-state index in [1.165, 1.54) is 19.1 Å². The number of benzene rings is 1. The van der Waals surface area contributed by atoms with Crippen LogP contribution >= 0.6 is 22.6 Å². The van der Waals surface area contributed by atoms with Crippen molar-refractivity contribution in [3.8, 4) is 5.75 Å². The number of ether oxygens (including phenoxy) is 1. The molecule has 0 heterocycles. The van der Waals surface area contributed by atoms with Gasteiger partial charge in [-0.15, -0.1) is 0 Å². The third kappa shape index (κ3) is 2.66. The fourth-order valence-corrected chi connectivity index (χ4v) is 1.35. The quantitative estimate of drug-likeness (QED) is 0.276. The average Bonchev–Trinajstić information content (AvgIpc) is 2.07. The first-order valence-corrected chi connectivity index (χ1v) is 4.71. The van der Waals surface area contributed by atoms with E-state index < -0.39 is 10.9 Å². The molecule has 0 N–H and O–H groups in total. The topological polar surface area (TPSA) is 69.4 Å². The number of rotatable bonds is 2. The van der Waals surface area contributed by atoms with Gasteiger partial charge < -0.3 is 4.74 Å². The minimum absolute atomic E-state index is 0.0251. The molecule has 0 aromatic heterocycles. The van der Waals surface area contributed by atoms with Crippen LogP contribution in [-0.2, 0) is 4.79 Å². The summed E-state index contributed by atoms with van der Waals surface area (Å²) in [6.45, 7) is 1.20. The van der Waals surface area contributed by atoms with Crippen LogP contribution < -0.4 is 4.74 Å². The predicted molar refractivity (Wildman–Crippen MR) is 57.1 cm³/mol. The van der Waals surface area contributed by atoms with Crippen LogP contribution in [0.5, 0.6) is 5.75 Å². The standard InChI is InChI=1S/C8H6INO4/c1-5(11)14-8-3-2-6(9)4-7(8)10(12)13/h2-4H,1H3. The number of hydrogen-bond donors (Lipinski definition) is 0. The van der Waals surface area contributed by atoms with Gasteiger partial charge in [0.15, 0.2) is 0 Å². The minimum Gasteiger partial charge on any atom is -0.419 e. The highest BCUT2D eigenvalue weighted by molar-refractivity contribution is 14.1. The highest BCUT2D eigenvalue weighted by Crippen LogP contribution is 2.28. The number of hydrogen-bond acceptors (Lipinski definition) is 4. The molecule has 0 saturated heterocycles. The van der Waals surface area contributed by atoms with E-state index in [1.54, 1.807) is 6.07 Å². The van der Waals surface area contributed by atoms with Crippen molar-refractivity contribution in [2.75, 3.05) is 0 Å². The van der Waals surface area contributed by atoms with Crippen LogP contribution in [0.1, 0.15) is 6.92 Å². The Hall–Kier alpha value is -1.18. The van der Waals surface area contributed by atoms with Crippen LogP contribution in [-0.4, -0.2) is 10.9 Å². The van der Waals surface area contributed by atoms with E-state index >= 15 is 0 Å². The van der Waals surface area contributed by atoms with Gasteiger partial charge in [0.25, 0.3) is 0 Å². The van der Waals surface area contributed by atoms with Crippen LogP contribution in [0.25, 0.3) is 0 Å². The zero-order valence-corrected chi connectivity index (χ0v) is 9.35. The molecule has 0 bridgehead atoms. The summed E-state index contributed by atoms with van der Waals surface area (Å²) < 4.78 is 5.39. The van der Waals surface area contributed by atoms with Crippen molar-refractivity contribution >= 4 is 34.2 Å². The Bertz CT molecular complexity index is 391. The first-order chi connectivity index (χ1) is 6.50. The molecular weight excluding hydrogens is 301 g/mol. The van der Waals surface area contributed by atoms with Gasteiger partial charge in [0.1, 0.15) is 0 Å². The lowest BCUT2D eigenvalue weighted by atomic mass is 10.3. The lowest BCUT2D eigenvalue weighted by Crippen LogP contribution is -2.04. The predicted octanol–water partition coefficient (Wildman–Crippen LogP) is 2.12. The fourth-order valence-electron chi connectivity index (χ4n) is 0.874. The maximum atomic E-state index is 10.6. The molecule has 1 aromatic carbocycles. The van der Waals surface area contributed by atoms with Crippen LogP contribution in [0.2, 0.25) is 0 Å². The molecule has 0 aliphatic heterocycles. The largest absolute Gasteiger partial charge is 0.419 e. The molecule has 74 valence electrons. The SMILES string of the molecule is CC(=O)Oc1ccc(I)cc1[N+](=O)[O-]. The summed E-state index contributed by atoms with van der Waals surface area (Å²) in [5.74, 6) is -0.600.